The topological polar surface area (TPSA) is 131 Å². The van der Waals surface area contributed by atoms with E-state index in [0.717, 1.165) is 17.8 Å². The molecule has 3 rings (SSSR count). The van der Waals surface area contributed by atoms with Crippen molar-refractivity contribution in [1.82, 2.24) is 19.4 Å². The van der Waals surface area contributed by atoms with Gasteiger partial charge in [-0.25, -0.2) is 8.42 Å². The molecule has 14 heteroatoms. The second-order valence-corrected chi connectivity index (χ2v) is 10.7. The summed E-state index contributed by atoms with van der Waals surface area (Å²) in [5.74, 6) is 0. The first-order valence-electron chi connectivity index (χ1n) is 9.02. The summed E-state index contributed by atoms with van der Waals surface area (Å²) in [5, 5.41) is 23.2. The summed E-state index contributed by atoms with van der Waals surface area (Å²) in [6.07, 6.45) is 0. The Morgan fingerprint density at radius 3 is 2.70 bits per heavy atom. The molecule has 0 unspecified atom stereocenters. The minimum absolute atomic E-state index is 0.0812. The number of nitro benzene ring substituents is 1. The van der Waals surface area contributed by atoms with E-state index in [2.05, 4.69) is 15.5 Å². The number of piperazine rings is 1. The number of aromatic nitrogens is 2. The van der Waals surface area contributed by atoms with Crippen LogP contribution in [0.25, 0.3) is 0 Å². The van der Waals surface area contributed by atoms with E-state index in [1.165, 1.54) is 27.8 Å². The zero-order valence-corrected chi connectivity index (χ0v) is 18.9. The van der Waals surface area contributed by atoms with Gasteiger partial charge in [0.05, 0.1) is 21.3 Å². The Labute approximate surface area is 182 Å². The fraction of sp³-hybridized carbons (Fsp3) is 0.500. The predicted molar refractivity (Wildman–Crippen MR) is 114 cm³/mol. The van der Waals surface area contributed by atoms with Gasteiger partial charge in [0, 0.05) is 45.9 Å². The number of nitrogens with one attached hydrogen (secondary N) is 1. The second kappa shape index (κ2) is 9.98. The average Bonchev–Trinajstić information content (AvgIpc) is 3.16. The lowest BCUT2D eigenvalue weighted by molar-refractivity contribution is -0.388. The molecule has 1 aromatic carbocycles. The van der Waals surface area contributed by atoms with Gasteiger partial charge in [-0.3, -0.25) is 10.1 Å². The van der Waals surface area contributed by atoms with Gasteiger partial charge in [-0.2, -0.15) is 4.31 Å². The first-order chi connectivity index (χ1) is 14.3. The van der Waals surface area contributed by atoms with Crippen molar-refractivity contribution in [3.05, 3.63) is 28.3 Å². The lowest BCUT2D eigenvalue weighted by Gasteiger charge is -2.31. The summed E-state index contributed by atoms with van der Waals surface area (Å²) in [6.45, 7) is 3.02. The predicted octanol–water partition coefficient (Wildman–Crippen LogP) is 1.59. The summed E-state index contributed by atoms with van der Waals surface area (Å²) in [7, 11) is -0.278. The Morgan fingerprint density at radius 2 is 2.03 bits per heavy atom. The fourth-order valence-electron chi connectivity index (χ4n) is 2.74. The van der Waals surface area contributed by atoms with Crippen LogP contribution in [0.15, 0.2) is 32.3 Å². The molecule has 0 aliphatic carbocycles. The van der Waals surface area contributed by atoms with Crippen LogP contribution in [-0.4, -0.2) is 86.2 Å². The summed E-state index contributed by atoms with van der Waals surface area (Å²) < 4.78 is 32.6. The van der Waals surface area contributed by atoms with Crippen LogP contribution in [0.4, 0.5) is 10.8 Å². The number of nitro groups is 1. The van der Waals surface area contributed by atoms with Crippen molar-refractivity contribution in [1.29, 1.82) is 0 Å². The van der Waals surface area contributed by atoms with Gasteiger partial charge in [-0.05, 0) is 30.9 Å². The molecular weight excluding hydrogens is 452 g/mol. The van der Waals surface area contributed by atoms with E-state index in [0.29, 0.717) is 53.7 Å². The van der Waals surface area contributed by atoms with Crippen LogP contribution in [0.1, 0.15) is 0 Å². The van der Waals surface area contributed by atoms with E-state index in [1.54, 1.807) is 7.11 Å². The standard InChI is InChI=1S/C16H22N6O5S3/c1-20-6-8-21(9-7-20)30(25,26)12-3-4-14(13(11-12)22(23)24)28-16-19-18-15(29-16)17-5-10-27-2/h3-4,11H,5-10H2,1-2H3,(H,17,18). The maximum atomic E-state index is 12.9. The normalized spacial score (nSPS) is 15.9. The quantitative estimate of drug-likeness (QED) is 0.325. The van der Waals surface area contributed by atoms with Crippen LogP contribution in [-0.2, 0) is 14.8 Å². The molecule has 0 spiro atoms. The van der Waals surface area contributed by atoms with Gasteiger partial charge in [0.1, 0.15) is 0 Å². The van der Waals surface area contributed by atoms with Crippen molar-refractivity contribution in [3.63, 3.8) is 0 Å². The molecule has 11 nitrogen and oxygen atoms in total. The van der Waals surface area contributed by atoms with E-state index in [9.17, 15) is 18.5 Å². The minimum atomic E-state index is -3.79. The van der Waals surface area contributed by atoms with Crippen molar-refractivity contribution >= 4 is 43.9 Å². The molecule has 0 atom stereocenters. The van der Waals surface area contributed by atoms with Gasteiger partial charge in [0.25, 0.3) is 5.69 Å². The summed E-state index contributed by atoms with van der Waals surface area (Å²) >= 11 is 2.33. The van der Waals surface area contributed by atoms with E-state index in [4.69, 9.17) is 4.74 Å². The molecule has 1 aromatic heterocycles. The smallest absolute Gasteiger partial charge is 0.284 e. The van der Waals surface area contributed by atoms with Crippen molar-refractivity contribution in [2.45, 2.75) is 14.1 Å². The molecule has 1 fully saturated rings. The Hall–Kier alpha value is -1.84. The minimum Gasteiger partial charge on any atom is -0.383 e. The number of nitrogens with zero attached hydrogens (tertiary/aromatic N) is 5. The number of anilines is 1. The maximum absolute atomic E-state index is 12.9. The van der Waals surface area contributed by atoms with Gasteiger partial charge >= 0.3 is 0 Å². The molecule has 2 heterocycles. The van der Waals surface area contributed by atoms with Gasteiger partial charge in [-0.1, -0.05) is 11.3 Å². The molecule has 0 amide bonds. The first kappa shape index (κ1) is 22.8. The number of benzene rings is 1. The third-order valence-electron chi connectivity index (χ3n) is 4.41. The van der Waals surface area contributed by atoms with Crippen LogP contribution in [0.3, 0.4) is 0 Å². The van der Waals surface area contributed by atoms with Gasteiger partial charge in [0.15, 0.2) is 4.34 Å². The van der Waals surface area contributed by atoms with Crippen molar-refractivity contribution in [3.8, 4) is 0 Å². The number of hydrogen-bond acceptors (Lipinski definition) is 11. The highest BCUT2D eigenvalue weighted by Crippen LogP contribution is 2.38. The molecule has 1 saturated heterocycles. The largest absolute Gasteiger partial charge is 0.383 e. The van der Waals surface area contributed by atoms with Crippen LogP contribution in [0.2, 0.25) is 0 Å². The molecule has 1 aliphatic heterocycles. The SMILES string of the molecule is COCCNc1nnc(Sc2ccc(S(=O)(=O)N3CCN(C)CC3)cc2[N+](=O)[O-])s1. The van der Waals surface area contributed by atoms with E-state index < -0.39 is 14.9 Å². The van der Waals surface area contributed by atoms with E-state index in [1.807, 2.05) is 11.9 Å². The number of rotatable bonds is 9. The molecule has 0 saturated carbocycles. The number of sulfonamides is 1. The van der Waals surface area contributed by atoms with E-state index in [-0.39, 0.29) is 10.6 Å². The average molecular weight is 475 g/mol. The Kier molecular flexibility index (Phi) is 7.60. The number of hydrogen-bond donors (Lipinski definition) is 1. The molecule has 2 aromatic rings. The second-order valence-electron chi connectivity index (χ2n) is 6.49. The zero-order valence-electron chi connectivity index (χ0n) is 16.5. The molecular formula is C16H22N6O5S3. The molecule has 0 bridgehead atoms. The number of likely N-dealkylation sites (N-methyl/N-ethyl adjacent to an activating group) is 1. The van der Waals surface area contributed by atoms with Gasteiger partial charge in [0.2, 0.25) is 15.2 Å². The lowest BCUT2D eigenvalue weighted by Crippen LogP contribution is -2.47. The number of methoxy groups -OCH3 is 1. The molecule has 30 heavy (non-hydrogen) atoms. The Bertz CT molecular complexity index is 991. The summed E-state index contributed by atoms with van der Waals surface area (Å²) in [4.78, 5) is 13.3. The van der Waals surface area contributed by atoms with E-state index >= 15 is 0 Å². The third kappa shape index (κ3) is 5.44. The lowest BCUT2D eigenvalue weighted by atomic mass is 10.3. The number of ether oxygens (including phenoxy) is 1. The van der Waals surface area contributed by atoms with Crippen molar-refractivity contribution < 1.29 is 18.1 Å². The van der Waals surface area contributed by atoms with Gasteiger partial charge in [-0.15, -0.1) is 10.2 Å². The highest BCUT2D eigenvalue weighted by Gasteiger charge is 2.30. The van der Waals surface area contributed by atoms with Crippen LogP contribution >= 0.6 is 23.1 Å². The van der Waals surface area contributed by atoms with Crippen molar-refractivity contribution in [2.75, 3.05) is 58.8 Å². The highest BCUT2D eigenvalue weighted by atomic mass is 32.2. The van der Waals surface area contributed by atoms with Gasteiger partial charge < -0.3 is 15.0 Å². The Morgan fingerprint density at radius 1 is 1.30 bits per heavy atom. The van der Waals surface area contributed by atoms with Crippen LogP contribution < -0.4 is 5.32 Å². The molecule has 1 aliphatic rings. The molecule has 0 radical (unpaired) electrons. The first-order valence-corrected chi connectivity index (χ1v) is 12.1. The summed E-state index contributed by atoms with van der Waals surface area (Å²) in [5.41, 5.74) is -0.278. The Balaban J connectivity index is 1.79. The molecule has 1 N–H and O–H groups in total. The van der Waals surface area contributed by atoms with Crippen LogP contribution in [0, 0.1) is 10.1 Å². The highest BCUT2D eigenvalue weighted by molar-refractivity contribution is 8.01. The maximum Gasteiger partial charge on any atom is 0.284 e. The zero-order chi connectivity index (χ0) is 21.7. The fourth-order valence-corrected chi connectivity index (χ4v) is 6.00. The third-order valence-corrected chi connectivity index (χ3v) is 8.30. The monoisotopic (exact) mass is 474 g/mol. The van der Waals surface area contributed by atoms with Crippen LogP contribution in [0.5, 0.6) is 0 Å². The summed E-state index contributed by atoms with van der Waals surface area (Å²) in [6, 6.07) is 3.97. The van der Waals surface area contributed by atoms with Crippen molar-refractivity contribution in [2.24, 2.45) is 0 Å². The molecule has 164 valence electrons.